The Morgan fingerprint density at radius 3 is 2.55 bits per heavy atom. The zero-order chi connectivity index (χ0) is 23.2. The molecule has 2 aromatic carbocycles. The van der Waals surface area contributed by atoms with Crippen molar-refractivity contribution in [2.75, 3.05) is 26.6 Å². The number of carbonyl (C=O) groups is 1. The largest absolute Gasteiger partial charge is 0.493 e. The number of rotatable bonds is 9. The molecule has 2 aromatic heterocycles. The Morgan fingerprint density at radius 2 is 1.82 bits per heavy atom. The van der Waals surface area contributed by atoms with Crippen LogP contribution in [0.2, 0.25) is 0 Å². The van der Waals surface area contributed by atoms with Crippen LogP contribution in [0.3, 0.4) is 0 Å². The number of benzene rings is 2. The van der Waals surface area contributed by atoms with Crippen LogP contribution in [0.25, 0.3) is 10.9 Å². The third-order valence-corrected chi connectivity index (χ3v) is 4.85. The fourth-order valence-electron chi connectivity index (χ4n) is 3.29. The SMILES string of the molecule is CNCc1ccc(NC(=O)Cn2cc(Oc3ncnc4cc(OC)c(OC)cc34)cn2)cc1. The van der Waals surface area contributed by atoms with Gasteiger partial charge < -0.3 is 24.8 Å². The molecule has 170 valence electrons. The average Bonchev–Trinajstić information content (AvgIpc) is 3.26. The van der Waals surface area contributed by atoms with E-state index >= 15 is 0 Å². The maximum Gasteiger partial charge on any atom is 0.246 e. The molecule has 4 aromatic rings. The summed E-state index contributed by atoms with van der Waals surface area (Å²) in [6.07, 6.45) is 4.56. The summed E-state index contributed by atoms with van der Waals surface area (Å²) in [7, 11) is 5.00. The minimum Gasteiger partial charge on any atom is -0.493 e. The molecule has 2 N–H and O–H groups in total. The van der Waals surface area contributed by atoms with E-state index in [0.717, 1.165) is 17.8 Å². The molecule has 0 aliphatic rings. The second kappa shape index (κ2) is 9.96. The topological polar surface area (TPSA) is 112 Å². The summed E-state index contributed by atoms with van der Waals surface area (Å²) < 4.78 is 18.1. The van der Waals surface area contributed by atoms with Crippen LogP contribution in [0, 0.1) is 0 Å². The molecule has 0 saturated carbocycles. The molecule has 10 nitrogen and oxygen atoms in total. The lowest BCUT2D eigenvalue weighted by Gasteiger charge is -2.10. The number of hydrogen-bond acceptors (Lipinski definition) is 8. The molecule has 0 aliphatic carbocycles. The van der Waals surface area contributed by atoms with Gasteiger partial charge in [0.15, 0.2) is 17.2 Å². The van der Waals surface area contributed by atoms with Crippen molar-refractivity contribution in [3.05, 3.63) is 60.7 Å². The molecule has 33 heavy (non-hydrogen) atoms. The maximum atomic E-state index is 12.4. The van der Waals surface area contributed by atoms with E-state index in [1.807, 2.05) is 31.3 Å². The summed E-state index contributed by atoms with van der Waals surface area (Å²) in [5.74, 6) is 1.68. The van der Waals surface area contributed by atoms with Crippen molar-refractivity contribution in [3.8, 4) is 23.1 Å². The Hall–Kier alpha value is -4.18. The summed E-state index contributed by atoms with van der Waals surface area (Å²) in [5, 5.41) is 10.8. The molecule has 0 radical (unpaired) electrons. The highest BCUT2D eigenvalue weighted by atomic mass is 16.5. The molecule has 1 amide bonds. The van der Waals surface area contributed by atoms with Crippen molar-refractivity contribution < 1.29 is 19.0 Å². The van der Waals surface area contributed by atoms with Gasteiger partial charge in [-0.15, -0.1) is 0 Å². The van der Waals surface area contributed by atoms with Crippen molar-refractivity contribution in [1.29, 1.82) is 0 Å². The molecular weight excluding hydrogens is 424 g/mol. The monoisotopic (exact) mass is 448 g/mol. The van der Waals surface area contributed by atoms with Crippen molar-refractivity contribution in [3.63, 3.8) is 0 Å². The molecule has 0 unspecified atom stereocenters. The lowest BCUT2D eigenvalue weighted by Crippen LogP contribution is -2.19. The van der Waals surface area contributed by atoms with Gasteiger partial charge in [0.2, 0.25) is 11.8 Å². The molecule has 0 aliphatic heterocycles. The van der Waals surface area contributed by atoms with E-state index in [0.29, 0.717) is 34.0 Å². The van der Waals surface area contributed by atoms with Gasteiger partial charge in [0.25, 0.3) is 0 Å². The minimum atomic E-state index is -0.199. The van der Waals surface area contributed by atoms with Crippen LogP contribution in [0.1, 0.15) is 5.56 Å². The Morgan fingerprint density at radius 1 is 1.06 bits per heavy atom. The lowest BCUT2D eigenvalue weighted by molar-refractivity contribution is -0.116. The number of anilines is 1. The Kier molecular flexibility index (Phi) is 6.65. The van der Waals surface area contributed by atoms with Crippen molar-refractivity contribution >= 4 is 22.5 Å². The summed E-state index contributed by atoms with van der Waals surface area (Å²) in [6.45, 7) is 0.809. The maximum absolute atomic E-state index is 12.4. The van der Waals surface area contributed by atoms with E-state index in [1.54, 1.807) is 32.5 Å². The molecule has 2 heterocycles. The van der Waals surface area contributed by atoms with Crippen molar-refractivity contribution in [1.82, 2.24) is 25.1 Å². The number of carbonyl (C=O) groups excluding carboxylic acids is 1. The second-order valence-corrected chi connectivity index (χ2v) is 7.15. The minimum absolute atomic E-state index is 0.0389. The molecule has 0 bridgehead atoms. The first kappa shape index (κ1) is 22.0. The highest BCUT2D eigenvalue weighted by Gasteiger charge is 2.14. The molecule has 0 fully saturated rings. The van der Waals surface area contributed by atoms with E-state index in [1.165, 1.54) is 17.2 Å². The van der Waals surface area contributed by atoms with Crippen LogP contribution in [-0.2, 0) is 17.9 Å². The number of methoxy groups -OCH3 is 2. The van der Waals surface area contributed by atoms with E-state index in [9.17, 15) is 4.79 Å². The summed E-state index contributed by atoms with van der Waals surface area (Å²) in [6, 6.07) is 11.2. The number of hydrogen-bond donors (Lipinski definition) is 2. The Labute approximate surface area is 190 Å². The molecule has 0 atom stereocenters. The number of fused-ring (bicyclic) bond motifs is 1. The first-order chi connectivity index (χ1) is 16.1. The predicted molar refractivity (Wildman–Crippen MR) is 123 cm³/mol. The molecule has 0 spiro atoms. The van der Waals surface area contributed by atoms with E-state index in [4.69, 9.17) is 14.2 Å². The van der Waals surface area contributed by atoms with E-state index < -0.39 is 0 Å². The zero-order valence-electron chi connectivity index (χ0n) is 18.5. The van der Waals surface area contributed by atoms with Gasteiger partial charge in [0.05, 0.1) is 37.5 Å². The highest BCUT2D eigenvalue weighted by molar-refractivity contribution is 5.90. The lowest BCUT2D eigenvalue weighted by atomic mass is 10.2. The molecular formula is C23H24N6O4. The van der Waals surface area contributed by atoms with Gasteiger partial charge in [0, 0.05) is 18.3 Å². The van der Waals surface area contributed by atoms with Crippen LogP contribution in [0.5, 0.6) is 23.1 Å². The van der Waals surface area contributed by atoms with Gasteiger partial charge in [-0.3, -0.25) is 9.48 Å². The first-order valence-corrected chi connectivity index (χ1v) is 10.2. The molecule has 10 heteroatoms. The Balaban J connectivity index is 1.44. The van der Waals surface area contributed by atoms with Gasteiger partial charge in [-0.25, -0.2) is 9.97 Å². The molecule has 0 saturated heterocycles. The van der Waals surface area contributed by atoms with Gasteiger partial charge in [-0.1, -0.05) is 12.1 Å². The number of ether oxygens (including phenoxy) is 3. The van der Waals surface area contributed by atoms with Gasteiger partial charge in [-0.05, 0) is 30.8 Å². The Bertz CT molecular complexity index is 1260. The molecule has 4 rings (SSSR count). The second-order valence-electron chi connectivity index (χ2n) is 7.15. The fraction of sp³-hybridized carbons (Fsp3) is 0.217. The third-order valence-electron chi connectivity index (χ3n) is 4.85. The van der Waals surface area contributed by atoms with Crippen LogP contribution in [0.4, 0.5) is 5.69 Å². The normalized spacial score (nSPS) is 10.8. The van der Waals surface area contributed by atoms with E-state index in [-0.39, 0.29) is 12.5 Å². The predicted octanol–water partition coefficient (Wildman–Crippen LogP) is 2.99. The van der Waals surface area contributed by atoms with Gasteiger partial charge >= 0.3 is 0 Å². The zero-order valence-corrected chi connectivity index (χ0v) is 18.5. The van der Waals surface area contributed by atoms with Crippen LogP contribution in [0.15, 0.2) is 55.1 Å². The van der Waals surface area contributed by atoms with E-state index in [2.05, 4.69) is 25.7 Å². The first-order valence-electron chi connectivity index (χ1n) is 10.2. The van der Waals surface area contributed by atoms with Gasteiger partial charge in [0.1, 0.15) is 12.9 Å². The number of nitrogens with zero attached hydrogens (tertiary/aromatic N) is 4. The quantitative estimate of drug-likeness (QED) is 0.402. The number of amides is 1. The number of aromatic nitrogens is 4. The van der Waals surface area contributed by atoms with Crippen LogP contribution in [-0.4, -0.2) is 46.9 Å². The summed E-state index contributed by atoms with van der Waals surface area (Å²) in [4.78, 5) is 20.9. The summed E-state index contributed by atoms with van der Waals surface area (Å²) in [5.41, 5.74) is 2.50. The third kappa shape index (κ3) is 5.18. The van der Waals surface area contributed by atoms with Gasteiger partial charge in [-0.2, -0.15) is 5.10 Å². The van der Waals surface area contributed by atoms with Crippen LogP contribution >= 0.6 is 0 Å². The van der Waals surface area contributed by atoms with Crippen molar-refractivity contribution in [2.24, 2.45) is 0 Å². The fourth-order valence-corrected chi connectivity index (χ4v) is 3.29. The van der Waals surface area contributed by atoms with Crippen molar-refractivity contribution in [2.45, 2.75) is 13.1 Å². The average molecular weight is 448 g/mol. The summed E-state index contributed by atoms with van der Waals surface area (Å²) >= 11 is 0. The highest BCUT2D eigenvalue weighted by Crippen LogP contribution is 2.35. The smallest absolute Gasteiger partial charge is 0.246 e. The standard InChI is InChI=1S/C23H24N6O4/c1-24-10-15-4-6-16(7-5-15)28-22(30)13-29-12-17(11-27-29)33-23-18-8-20(31-2)21(32-3)9-19(18)25-14-26-23/h4-9,11-12,14,24H,10,13H2,1-3H3,(H,28,30). The number of nitrogens with one attached hydrogen (secondary N) is 2. The van der Waals surface area contributed by atoms with Crippen LogP contribution < -0.4 is 24.8 Å².